The van der Waals surface area contributed by atoms with E-state index in [1.54, 1.807) is 30.3 Å². The van der Waals surface area contributed by atoms with Crippen molar-refractivity contribution in [2.24, 2.45) is 0 Å². The molecule has 104 valence electrons. The fourth-order valence-electron chi connectivity index (χ4n) is 1.74. The molecule has 0 saturated heterocycles. The van der Waals surface area contributed by atoms with Crippen LogP contribution >= 0.6 is 11.6 Å². The molecule has 0 atom stereocenters. The summed E-state index contributed by atoms with van der Waals surface area (Å²) in [5.41, 5.74) is 7.20. The van der Waals surface area contributed by atoms with E-state index < -0.39 is 11.8 Å². The van der Waals surface area contributed by atoms with Crippen LogP contribution in [-0.4, -0.2) is 5.97 Å². The van der Waals surface area contributed by atoms with Crippen molar-refractivity contribution in [3.8, 4) is 0 Å². The Morgan fingerprint density at radius 3 is 2.75 bits per heavy atom. The second-order valence-electron chi connectivity index (χ2n) is 4.30. The first-order chi connectivity index (χ1) is 9.56. The number of carbonyl (C=O) groups excluding carboxylic acids is 1. The molecule has 0 radical (unpaired) electrons. The number of hydrogen-bond donors (Lipinski definition) is 1. The van der Waals surface area contributed by atoms with Crippen molar-refractivity contribution < 1.29 is 13.9 Å². The summed E-state index contributed by atoms with van der Waals surface area (Å²) in [6.45, 7) is -0.145. The van der Waals surface area contributed by atoms with Crippen molar-refractivity contribution in [3.05, 3.63) is 64.4 Å². The molecular weight excluding hydrogens is 281 g/mol. The van der Waals surface area contributed by atoms with Crippen molar-refractivity contribution in [1.29, 1.82) is 0 Å². The Bertz CT molecular complexity index is 631. The van der Waals surface area contributed by atoms with E-state index in [1.807, 2.05) is 0 Å². The Morgan fingerprint density at radius 2 is 2.00 bits per heavy atom. The Labute approximate surface area is 121 Å². The number of rotatable bonds is 4. The van der Waals surface area contributed by atoms with Gasteiger partial charge in [0.15, 0.2) is 0 Å². The maximum atomic E-state index is 13.6. The van der Waals surface area contributed by atoms with Crippen LogP contribution in [-0.2, 0) is 22.6 Å². The summed E-state index contributed by atoms with van der Waals surface area (Å²) in [6.07, 6.45) is 0.0905. The van der Waals surface area contributed by atoms with Gasteiger partial charge in [-0.25, -0.2) is 4.39 Å². The number of benzene rings is 2. The first-order valence-corrected chi connectivity index (χ1v) is 6.37. The monoisotopic (exact) mass is 293 g/mol. The molecule has 2 aromatic carbocycles. The average Bonchev–Trinajstić information content (AvgIpc) is 2.40. The summed E-state index contributed by atoms with van der Waals surface area (Å²) >= 11 is 5.65. The van der Waals surface area contributed by atoms with Crippen LogP contribution in [0.25, 0.3) is 0 Å². The smallest absolute Gasteiger partial charge is 0.310 e. The molecule has 2 aromatic rings. The molecule has 0 heterocycles. The zero-order valence-corrected chi connectivity index (χ0v) is 11.4. The number of nitrogen functional groups attached to an aromatic ring is 1. The highest BCUT2D eigenvalue weighted by atomic mass is 35.5. The normalized spacial score (nSPS) is 10.3. The first-order valence-electron chi connectivity index (χ1n) is 5.99. The SMILES string of the molecule is Nc1cccc(CC(=O)OCc2cccc(Cl)c2F)c1. The van der Waals surface area contributed by atoms with E-state index in [9.17, 15) is 9.18 Å². The van der Waals surface area contributed by atoms with E-state index in [0.717, 1.165) is 5.56 Å². The molecule has 0 bridgehead atoms. The molecule has 0 aromatic heterocycles. The maximum absolute atomic E-state index is 13.6. The molecule has 0 amide bonds. The van der Waals surface area contributed by atoms with Crippen LogP contribution in [0.2, 0.25) is 5.02 Å². The van der Waals surface area contributed by atoms with Gasteiger partial charge in [0, 0.05) is 11.3 Å². The predicted octanol–water partition coefficient (Wildman–Crippen LogP) is 3.35. The van der Waals surface area contributed by atoms with Gasteiger partial charge in [0.25, 0.3) is 0 Å². The van der Waals surface area contributed by atoms with Gasteiger partial charge in [0.1, 0.15) is 12.4 Å². The number of carbonyl (C=O) groups is 1. The molecule has 3 nitrogen and oxygen atoms in total. The van der Waals surface area contributed by atoms with Gasteiger partial charge in [0.05, 0.1) is 11.4 Å². The van der Waals surface area contributed by atoms with E-state index in [2.05, 4.69) is 0 Å². The standard InChI is InChI=1S/C15H13ClFNO2/c16-13-6-2-4-11(15(13)17)9-20-14(19)8-10-3-1-5-12(18)7-10/h1-7H,8-9,18H2. The molecule has 0 unspecified atom stereocenters. The van der Waals surface area contributed by atoms with Crippen molar-refractivity contribution in [3.63, 3.8) is 0 Å². The third kappa shape index (κ3) is 3.71. The third-order valence-corrected chi connectivity index (χ3v) is 3.01. The largest absolute Gasteiger partial charge is 0.460 e. The lowest BCUT2D eigenvalue weighted by atomic mass is 10.1. The minimum absolute atomic E-state index is 0.00869. The summed E-state index contributed by atoms with van der Waals surface area (Å²) in [6, 6.07) is 11.5. The number of anilines is 1. The molecule has 2 rings (SSSR count). The van der Waals surface area contributed by atoms with E-state index in [0.29, 0.717) is 5.69 Å². The Morgan fingerprint density at radius 1 is 1.25 bits per heavy atom. The summed E-state index contributed by atoms with van der Waals surface area (Å²) < 4.78 is 18.6. The van der Waals surface area contributed by atoms with E-state index in [4.69, 9.17) is 22.1 Å². The van der Waals surface area contributed by atoms with E-state index in [-0.39, 0.29) is 23.6 Å². The molecule has 0 spiro atoms. The zero-order valence-electron chi connectivity index (χ0n) is 10.6. The van der Waals surface area contributed by atoms with Crippen LogP contribution < -0.4 is 5.73 Å². The number of ether oxygens (including phenoxy) is 1. The van der Waals surface area contributed by atoms with Crippen LogP contribution in [0, 0.1) is 5.82 Å². The Balaban J connectivity index is 1.94. The molecule has 0 aliphatic rings. The summed E-state index contributed by atoms with van der Waals surface area (Å²) in [5, 5.41) is 0.00869. The highest BCUT2D eigenvalue weighted by Gasteiger charge is 2.10. The van der Waals surface area contributed by atoms with Crippen molar-refractivity contribution in [2.75, 3.05) is 5.73 Å². The van der Waals surface area contributed by atoms with Crippen LogP contribution in [0.4, 0.5) is 10.1 Å². The van der Waals surface area contributed by atoms with Crippen LogP contribution in [0.3, 0.4) is 0 Å². The van der Waals surface area contributed by atoms with E-state index in [1.165, 1.54) is 12.1 Å². The highest BCUT2D eigenvalue weighted by molar-refractivity contribution is 6.30. The second-order valence-corrected chi connectivity index (χ2v) is 4.70. The van der Waals surface area contributed by atoms with Crippen molar-refractivity contribution in [2.45, 2.75) is 13.0 Å². The number of hydrogen-bond acceptors (Lipinski definition) is 3. The lowest BCUT2D eigenvalue weighted by Crippen LogP contribution is -2.09. The Kier molecular flexibility index (Phi) is 4.58. The number of nitrogens with two attached hydrogens (primary N) is 1. The molecule has 0 fully saturated rings. The fraction of sp³-hybridized carbons (Fsp3) is 0.133. The molecule has 0 aliphatic carbocycles. The predicted molar refractivity (Wildman–Crippen MR) is 75.8 cm³/mol. The van der Waals surface area contributed by atoms with Crippen LogP contribution in [0.5, 0.6) is 0 Å². The lowest BCUT2D eigenvalue weighted by Gasteiger charge is -2.07. The average molecular weight is 294 g/mol. The zero-order chi connectivity index (χ0) is 14.5. The fourth-order valence-corrected chi connectivity index (χ4v) is 1.93. The molecule has 20 heavy (non-hydrogen) atoms. The van der Waals surface area contributed by atoms with Gasteiger partial charge in [-0.1, -0.05) is 35.9 Å². The van der Waals surface area contributed by atoms with Gasteiger partial charge in [-0.15, -0.1) is 0 Å². The summed E-state index contributed by atoms with van der Waals surface area (Å²) in [4.78, 5) is 11.7. The number of esters is 1. The molecular formula is C15H13ClFNO2. The van der Waals surface area contributed by atoms with Gasteiger partial charge in [-0.3, -0.25) is 4.79 Å². The summed E-state index contributed by atoms with van der Waals surface area (Å²) in [5.74, 6) is -1.01. The maximum Gasteiger partial charge on any atom is 0.310 e. The van der Waals surface area contributed by atoms with Crippen molar-refractivity contribution >= 4 is 23.3 Å². The van der Waals surface area contributed by atoms with Gasteiger partial charge in [-0.05, 0) is 23.8 Å². The van der Waals surface area contributed by atoms with Gasteiger partial charge in [-0.2, -0.15) is 0 Å². The molecule has 2 N–H and O–H groups in total. The van der Waals surface area contributed by atoms with Crippen LogP contribution in [0.15, 0.2) is 42.5 Å². The molecule has 0 saturated carbocycles. The topological polar surface area (TPSA) is 52.3 Å². The summed E-state index contributed by atoms with van der Waals surface area (Å²) in [7, 11) is 0. The Hall–Kier alpha value is -2.07. The first kappa shape index (κ1) is 14.3. The van der Waals surface area contributed by atoms with Gasteiger partial charge >= 0.3 is 5.97 Å². The van der Waals surface area contributed by atoms with Gasteiger partial charge in [0.2, 0.25) is 0 Å². The quantitative estimate of drug-likeness (QED) is 0.695. The van der Waals surface area contributed by atoms with Crippen molar-refractivity contribution in [1.82, 2.24) is 0 Å². The van der Waals surface area contributed by atoms with Crippen LogP contribution in [0.1, 0.15) is 11.1 Å². The minimum atomic E-state index is -0.564. The molecule has 0 aliphatic heterocycles. The second kappa shape index (κ2) is 6.39. The lowest BCUT2D eigenvalue weighted by molar-refractivity contribution is -0.144. The van der Waals surface area contributed by atoms with Gasteiger partial charge < -0.3 is 10.5 Å². The third-order valence-electron chi connectivity index (χ3n) is 2.72. The minimum Gasteiger partial charge on any atom is -0.460 e. The van der Waals surface area contributed by atoms with E-state index >= 15 is 0 Å². The molecule has 5 heteroatoms. The number of halogens is 2. The highest BCUT2D eigenvalue weighted by Crippen LogP contribution is 2.18.